The average Bonchev–Trinajstić information content (AvgIpc) is 2.93. The van der Waals surface area contributed by atoms with E-state index in [9.17, 15) is 18.0 Å². The summed E-state index contributed by atoms with van der Waals surface area (Å²) in [5.41, 5.74) is 3.22. The molecule has 0 aliphatic rings. The van der Waals surface area contributed by atoms with Crippen LogP contribution in [0.15, 0.2) is 97.1 Å². The zero-order valence-electron chi connectivity index (χ0n) is 22.4. The number of carbonyl (C=O) groups is 2. The lowest BCUT2D eigenvalue weighted by atomic mass is 10.0. The van der Waals surface area contributed by atoms with Crippen molar-refractivity contribution in [1.82, 2.24) is 10.2 Å². The number of fused-ring (bicyclic) bond motifs is 1. The van der Waals surface area contributed by atoms with Crippen LogP contribution in [0.4, 0.5) is 5.69 Å². The van der Waals surface area contributed by atoms with Gasteiger partial charge in [-0.2, -0.15) is 0 Å². The van der Waals surface area contributed by atoms with Crippen LogP contribution < -0.4 is 9.62 Å². The van der Waals surface area contributed by atoms with E-state index in [0.717, 1.165) is 38.0 Å². The summed E-state index contributed by atoms with van der Waals surface area (Å²) in [7, 11) is -2.31. The van der Waals surface area contributed by atoms with Crippen molar-refractivity contribution < 1.29 is 18.0 Å². The summed E-state index contributed by atoms with van der Waals surface area (Å²) >= 11 is 0. The molecule has 2 amide bonds. The third-order valence-electron chi connectivity index (χ3n) is 6.71. The van der Waals surface area contributed by atoms with E-state index in [0.29, 0.717) is 5.69 Å². The maximum atomic E-state index is 14.1. The lowest BCUT2D eigenvalue weighted by molar-refractivity contribution is -0.139. The Morgan fingerprint density at radius 2 is 1.46 bits per heavy atom. The quantitative estimate of drug-likeness (QED) is 0.323. The van der Waals surface area contributed by atoms with Crippen LogP contribution in [0.2, 0.25) is 0 Å². The first-order valence-electron chi connectivity index (χ1n) is 12.7. The lowest BCUT2D eigenvalue weighted by Crippen LogP contribution is -2.52. The molecule has 4 rings (SSSR count). The number of likely N-dealkylation sites (N-methyl/N-ethyl adjacent to an activating group) is 1. The van der Waals surface area contributed by atoms with Gasteiger partial charge >= 0.3 is 0 Å². The average molecular weight is 544 g/mol. The Hall–Kier alpha value is -4.17. The highest BCUT2D eigenvalue weighted by molar-refractivity contribution is 7.92. The SMILES string of the molecule is CNC(=O)[C@H](Cc1ccccc1)N(Cc1ccc(C)cc1)C(=O)CN(c1cccc2ccccc12)S(C)(=O)=O. The fourth-order valence-electron chi connectivity index (χ4n) is 4.63. The number of benzene rings is 4. The molecule has 4 aromatic carbocycles. The number of anilines is 1. The molecule has 0 unspecified atom stereocenters. The van der Waals surface area contributed by atoms with Gasteiger partial charge in [0, 0.05) is 25.4 Å². The van der Waals surface area contributed by atoms with Gasteiger partial charge in [-0.3, -0.25) is 13.9 Å². The van der Waals surface area contributed by atoms with Crippen molar-refractivity contribution in [3.05, 3.63) is 114 Å². The van der Waals surface area contributed by atoms with E-state index in [1.54, 1.807) is 12.1 Å². The largest absolute Gasteiger partial charge is 0.357 e. The summed E-state index contributed by atoms with van der Waals surface area (Å²) < 4.78 is 27.2. The van der Waals surface area contributed by atoms with Crippen LogP contribution >= 0.6 is 0 Å². The van der Waals surface area contributed by atoms with Crippen molar-refractivity contribution in [2.75, 3.05) is 24.2 Å². The van der Waals surface area contributed by atoms with Crippen LogP contribution in [0.1, 0.15) is 16.7 Å². The van der Waals surface area contributed by atoms with Crippen LogP contribution in [0.3, 0.4) is 0 Å². The highest BCUT2D eigenvalue weighted by Gasteiger charge is 2.33. The molecule has 1 atom stereocenters. The molecule has 0 heterocycles. The number of aryl methyl sites for hydroxylation is 1. The lowest BCUT2D eigenvalue weighted by Gasteiger charge is -2.33. The molecular weight excluding hydrogens is 510 g/mol. The van der Waals surface area contributed by atoms with Crippen LogP contribution in [-0.4, -0.2) is 51.0 Å². The molecule has 0 bridgehead atoms. The Balaban J connectivity index is 1.76. The van der Waals surface area contributed by atoms with Crippen molar-refractivity contribution in [2.45, 2.75) is 25.9 Å². The number of nitrogens with one attached hydrogen (secondary N) is 1. The topological polar surface area (TPSA) is 86.8 Å². The molecule has 1 N–H and O–H groups in total. The molecule has 0 aliphatic heterocycles. The first kappa shape index (κ1) is 27.9. The van der Waals surface area contributed by atoms with Crippen molar-refractivity contribution in [3.8, 4) is 0 Å². The molecule has 7 nitrogen and oxygen atoms in total. The fourth-order valence-corrected chi connectivity index (χ4v) is 5.49. The first-order chi connectivity index (χ1) is 18.7. The molecule has 0 saturated heterocycles. The van der Waals surface area contributed by atoms with Crippen molar-refractivity contribution in [1.29, 1.82) is 0 Å². The van der Waals surface area contributed by atoms with E-state index in [1.165, 1.54) is 11.9 Å². The number of sulfonamides is 1. The molecular formula is C31H33N3O4S. The second-order valence-electron chi connectivity index (χ2n) is 9.59. The number of amides is 2. The maximum absolute atomic E-state index is 14.1. The monoisotopic (exact) mass is 543 g/mol. The Kier molecular flexibility index (Phi) is 8.66. The molecule has 0 spiro atoms. The van der Waals surface area contributed by atoms with E-state index >= 15 is 0 Å². The minimum absolute atomic E-state index is 0.150. The second kappa shape index (κ2) is 12.1. The zero-order chi connectivity index (χ0) is 28.0. The third-order valence-corrected chi connectivity index (χ3v) is 7.83. The molecule has 0 aliphatic carbocycles. The smallest absolute Gasteiger partial charge is 0.244 e. The highest BCUT2D eigenvalue weighted by atomic mass is 32.2. The van der Waals surface area contributed by atoms with Gasteiger partial charge in [0.2, 0.25) is 21.8 Å². The molecule has 4 aromatic rings. The number of nitrogens with zero attached hydrogens (tertiary/aromatic N) is 2. The Morgan fingerprint density at radius 3 is 2.13 bits per heavy atom. The summed E-state index contributed by atoms with van der Waals surface area (Å²) in [6.07, 6.45) is 1.37. The molecule has 0 saturated carbocycles. The van der Waals surface area contributed by atoms with Crippen LogP contribution in [-0.2, 0) is 32.6 Å². The van der Waals surface area contributed by atoms with E-state index < -0.39 is 28.5 Å². The first-order valence-corrected chi connectivity index (χ1v) is 14.6. The minimum atomic E-state index is -3.84. The maximum Gasteiger partial charge on any atom is 0.244 e. The number of hydrogen-bond donors (Lipinski definition) is 1. The fraction of sp³-hybridized carbons (Fsp3) is 0.226. The van der Waals surface area contributed by atoms with E-state index in [2.05, 4.69) is 5.32 Å². The van der Waals surface area contributed by atoms with Gasteiger partial charge in [0.1, 0.15) is 12.6 Å². The van der Waals surface area contributed by atoms with Crippen molar-refractivity contribution in [2.24, 2.45) is 0 Å². The summed E-state index contributed by atoms with van der Waals surface area (Å²) in [4.78, 5) is 28.8. The Labute approximate surface area is 230 Å². The van der Waals surface area contributed by atoms with E-state index in [1.807, 2.05) is 91.9 Å². The van der Waals surface area contributed by atoms with Gasteiger partial charge in [-0.15, -0.1) is 0 Å². The van der Waals surface area contributed by atoms with Crippen LogP contribution in [0.5, 0.6) is 0 Å². The van der Waals surface area contributed by atoms with Crippen molar-refractivity contribution in [3.63, 3.8) is 0 Å². The molecule has 202 valence electrons. The van der Waals surface area contributed by atoms with Gasteiger partial charge in [0.15, 0.2) is 0 Å². The number of hydrogen-bond acceptors (Lipinski definition) is 4. The number of rotatable bonds is 10. The summed E-state index contributed by atoms with van der Waals surface area (Å²) in [5.74, 6) is -0.797. The van der Waals surface area contributed by atoms with E-state index in [4.69, 9.17) is 0 Å². The normalized spacial score (nSPS) is 12.1. The molecule has 0 aromatic heterocycles. The third kappa shape index (κ3) is 6.83. The van der Waals surface area contributed by atoms with Crippen LogP contribution in [0.25, 0.3) is 10.8 Å². The zero-order valence-corrected chi connectivity index (χ0v) is 23.2. The summed E-state index contributed by atoms with van der Waals surface area (Å²) in [6, 6.07) is 29.1. The molecule has 39 heavy (non-hydrogen) atoms. The molecule has 0 fully saturated rings. The van der Waals surface area contributed by atoms with Gasteiger partial charge in [-0.1, -0.05) is 96.6 Å². The number of carbonyl (C=O) groups excluding carboxylic acids is 2. The minimum Gasteiger partial charge on any atom is -0.357 e. The predicted molar refractivity (Wildman–Crippen MR) is 156 cm³/mol. The van der Waals surface area contributed by atoms with Crippen molar-refractivity contribution >= 4 is 38.3 Å². The van der Waals surface area contributed by atoms with Gasteiger partial charge in [-0.05, 0) is 29.5 Å². The molecule has 8 heteroatoms. The standard InChI is InChI=1S/C31H33N3O4S/c1-23-16-18-25(19-17-23)21-33(29(31(36)32-2)20-24-10-5-4-6-11-24)30(35)22-34(39(3,37)38)28-15-9-13-26-12-7-8-14-27(26)28/h4-19,29H,20-22H2,1-3H3,(H,32,36)/t29-/m0/s1. The second-order valence-corrected chi connectivity index (χ2v) is 11.5. The van der Waals surface area contributed by atoms with E-state index in [-0.39, 0.29) is 18.9 Å². The predicted octanol–water partition coefficient (Wildman–Crippen LogP) is 4.30. The van der Waals surface area contributed by atoms with Gasteiger partial charge in [0.25, 0.3) is 0 Å². The molecule has 0 radical (unpaired) electrons. The summed E-state index contributed by atoms with van der Waals surface area (Å²) in [6.45, 7) is 1.68. The van der Waals surface area contributed by atoms with Gasteiger partial charge in [0.05, 0.1) is 11.9 Å². The summed E-state index contributed by atoms with van der Waals surface area (Å²) in [5, 5.41) is 4.27. The Morgan fingerprint density at radius 1 is 0.821 bits per heavy atom. The van der Waals surface area contributed by atoms with Gasteiger partial charge in [-0.25, -0.2) is 8.42 Å². The highest BCUT2D eigenvalue weighted by Crippen LogP contribution is 2.29. The van der Waals surface area contributed by atoms with Gasteiger partial charge < -0.3 is 10.2 Å². The van der Waals surface area contributed by atoms with Crippen LogP contribution in [0, 0.1) is 6.92 Å². The Bertz CT molecular complexity index is 1550.